The fourth-order valence-electron chi connectivity index (χ4n) is 0.341. The summed E-state index contributed by atoms with van der Waals surface area (Å²) in [7, 11) is 3.63. The molecule has 0 unspecified atom stereocenters. The van der Waals surface area contributed by atoms with Crippen molar-refractivity contribution in [3.63, 3.8) is 0 Å². The summed E-state index contributed by atoms with van der Waals surface area (Å²) in [5.41, 5.74) is 1.77. The lowest BCUT2D eigenvalue weighted by Crippen LogP contribution is -2.34. The molecule has 0 aliphatic heterocycles. The van der Waals surface area contributed by atoms with E-state index in [1.165, 1.54) is 0 Å². The van der Waals surface area contributed by atoms with Crippen LogP contribution in [0.2, 0.25) is 0 Å². The van der Waals surface area contributed by atoms with Crippen LogP contribution in [-0.4, -0.2) is 30.3 Å². The molecule has 0 heterocycles. The van der Waals surface area contributed by atoms with Gasteiger partial charge in [-0.3, -0.25) is 4.98 Å². The minimum atomic E-state index is -0.304. The molecule has 3 nitrogen and oxygen atoms in total. The molecule has 0 rings (SSSR count). The molecule has 0 saturated carbocycles. The molecule has 52 valence electrons. The highest BCUT2D eigenvalue weighted by Gasteiger charge is 1.99. The fourth-order valence-corrected chi connectivity index (χ4v) is 0.831. The highest BCUT2D eigenvalue weighted by Crippen LogP contribution is 1.81. The Morgan fingerprint density at radius 2 is 2.11 bits per heavy atom. The Bertz CT molecular complexity index is 75.4. The number of ether oxygens (including phenoxy) is 2. The van der Waals surface area contributed by atoms with E-state index < -0.39 is 0 Å². The topological polar surface area (TPSA) is 30.5 Å². The maximum absolute atomic E-state index is 4.83. The molecule has 2 radical (unpaired) electrons. The Morgan fingerprint density at radius 1 is 1.56 bits per heavy atom. The third-order valence-electron chi connectivity index (χ3n) is 0.731. The zero-order valence-corrected chi connectivity index (χ0v) is 6.68. The van der Waals surface area contributed by atoms with E-state index in [9.17, 15) is 0 Å². The zero-order chi connectivity index (χ0) is 7.11. The fraction of sp³-hybridized carbons (Fsp3) is 0.600. The van der Waals surface area contributed by atoms with Crippen LogP contribution in [-0.2, 0) is 9.47 Å². The molecule has 0 bridgehead atoms. The molecule has 0 spiro atoms. The van der Waals surface area contributed by atoms with Crippen molar-refractivity contribution in [2.24, 2.45) is 0 Å². The maximum atomic E-state index is 4.83. The molecule has 9 heavy (non-hydrogen) atoms. The van der Waals surface area contributed by atoms with Crippen molar-refractivity contribution in [2.75, 3.05) is 14.2 Å². The lowest BCUT2D eigenvalue weighted by molar-refractivity contribution is -0.109. The first-order chi connectivity index (χ1) is 4.35. The van der Waals surface area contributed by atoms with Gasteiger partial charge in [0, 0.05) is 14.2 Å². The van der Waals surface area contributed by atoms with Crippen molar-refractivity contribution in [3.8, 4) is 0 Å². The first-order valence-corrected chi connectivity index (χ1v) is 3.60. The smallest absolute Gasteiger partial charge is 0.209 e. The Kier molecular flexibility index (Phi) is 5.86. The average Bonchev–Trinajstić information content (AvgIpc) is 1.91. The van der Waals surface area contributed by atoms with Gasteiger partial charge in [-0.1, -0.05) is 5.70 Å². The molecule has 0 aliphatic carbocycles. The van der Waals surface area contributed by atoms with E-state index in [1.807, 2.05) is 0 Å². The van der Waals surface area contributed by atoms with Crippen molar-refractivity contribution < 1.29 is 9.47 Å². The summed E-state index contributed by atoms with van der Waals surface area (Å²) in [6, 6.07) is 0. The van der Waals surface area contributed by atoms with Gasteiger partial charge < -0.3 is 9.47 Å². The van der Waals surface area contributed by atoms with E-state index >= 15 is 0 Å². The summed E-state index contributed by atoms with van der Waals surface area (Å²) in [5, 5.41) is 0. The van der Waals surface area contributed by atoms with E-state index in [0.717, 1.165) is 0 Å². The van der Waals surface area contributed by atoms with Gasteiger partial charge in [0.15, 0.2) is 9.68 Å². The van der Waals surface area contributed by atoms with Gasteiger partial charge in [0.25, 0.3) is 0 Å². The van der Waals surface area contributed by atoms with Gasteiger partial charge in [-0.25, -0.2) is 0 Å². The monoisotopic (exact) mass is 145 g/mol. The van der Waals surface area contributed by atoms with Crippen LogP contribution in [0.25, 0.3) is 0 Å². The van der Waals surface area contributed by atoms with Crippen LogP contribution in [0.3, 0.4) is 0 Å². The summed E-state index contributed by atoms with van der Waals surface area (Å²) in [5.74, 6) is 0. The van der Waals surface area contributed by atoms with Crippen LogP contribution in [0.1, 0.15) is 0 Å². The molecule has 0 amide bonds. The third-order valence-corrected chi connectivity index (χ3v) is 1.34. The molecular weight excluding hydrogens is 134 g/mol. The van der Waals surface area contributed by atoms with Crippen LogP contribution in [0.5, 0.6) is 0 Å². The Morgan fingerprint density at radius 3 is 2.44 bits per heavy atom. The molecule has 1 N–H and O–H groups in total. The zero-order valence-electron chi connectivity index (χ0n) is 5.68. The first kappa shape index (κ1) is 8.84. The Balaban J connectivity index is 3.19. The molecule has 0 saturated heterocycles. The van der Waals surface area contributed by atoms with E-state index in [2.05, 4.69) is 11.6 Å². The Labute approximate surface area is 57.9 Å². The van der Waals surface area contributed by atoms with E-state index in [-0.39, 0.29) is 6.41 Å². The van der Waals surface area contributed by atoms with Crippen LogP contribution in [0, 0.1) is 0 Å². The summed E-state index contributed by atoms with van der Waals surface area (Å²) >= 11 is 0. The number of methoxy groups -OCH3 is 2. The molecule has 0 aromatic heterocycles. The molecule has 0 fully saturated rings. The van der Waals surface area contributed by atoms with Crippen molar-refractivity contribution in [1.82, 2.24) is 4.98 Å². The van der Waals surface area contributed by atoms with Gasteiger partial charge in [0.05, 0.1) is 0 Å². The second kappa shape index (κ2) is 5.96. The van der Waals surface area contributed by atoms with E-state index in [4.69, 9.17) is 9.47 Å². The van der Waals surface area contributed by atoms with Gasteiger partial charge >= 0.3 is 0 Å². The van der Waals surface area contributed by atoms with Crippen molar-refractivity contribution >= 4 is 9.68 Å². The van der Waals surface area contributed by atoms with Crippen LogP contribution in [0.4, 0.5) is 0 Å². The number of hydrogen-bond acceptors (Lipinski definition) is 3. The summed E-state index contributed by atoms with van der Waals surface area (Å²) in [6.07, 6.45) is -0.304. The second-order valence-corrected chi connectivity index (χ2v) is 2.28. The van der Waals surface area contributed by atoms with Crippen molar-refractivity contribution in [3.05, 3.63) is 12.3 Å². The highest BCUT2D eigenvalue weighted by molar-refractivity contribution is 6.38. The van der Waals surface area contributed by atoms with Crippen molar-refractivity contribution in [2.45, 2.75) is 6.41 Å². The van der Waals surface area contributed by atoms with Gasteiger partial charge in [-0.05, 0) is 0 Å². The maximum Gasteiger partial charge on any atom is 0.209 e. The third kappa shape index (κ3) is 4.35. The quantitative estimate of drug-likeness (QED) is 0.433. The Hall–Kier alpha value is -0.163. The van der Waals surface area contributed by atoms with Crippen molar-refractivity contribution in [1.29, 1.82) is 0 Å². The largest absolute Gasteiger partial charge is 0.344 e. The minimum absolute atomic E-state index is 0.304. The van der Waals surface area contributed by atoms with Crippen LogP contribution >= 0.6 is 0 Å². The van der Waals surface area contributed by atoms with Gasteiger partial charge in [-0.15, -0.1) is 6.58 Å². The number of rotatable bonds is 5. The normalized spacial score (nSPS) is 10.1. The lowest BCUT2D eigenvalue weighted by Gasteiger charge is -2.12. The molecule has 4 heteroatoms. The lowest BCUT2D eigenvalue weighted by atomic mass is 11.1. The SMILES string of the molecule is C=C[Si]NC(OC)OC. The van der Waals surface area contributed by atoms with Gasteiger partial charge in [0.1, 0.15) is 0 Å². The predicted octanol–water partition coefficient (Wildman–Crippen LogP) is -0.0849. The van der Waals surface area contributed by atoms with E-state index in [1.54, 1.807) is 19.9 Å². The van der Waals surface area contributed by atoms with E-state index in [0.29, 0.717) is 9.68 Å². The molecule has 0 aromatic carbocycles. The summed E-state index contributed by atoms with van der Waals surface area (Å²) in [6.45, 7) is 3.54. The number of hydrogen-bond donors (Lipinski definition) is 1. The average molecular weight is 145 g/mol. The first-order valence-electron chi connectivity index (χ1n) is 2.52. The molecular formula is C5H11NO2Si. The predicted molar refractivity (Wildman–Crippen MR) is 36.9 cm³/mol. The summed E-state index contributed by atoms with van der Waals surface area (Å²) < 4.78 is 9.65. The van der Waals surface area contributed by atoms with Crippen LogP contribution < -0.4 is 4.98 Å². The highest BCUT2D eigenvalue weighted by atomic mass is 28.2. The van der Waals surface area contributed by atoms with Gasteiger partial charge in [0.2, 0.25) is 6.41 Å². The molecule has 0 aliphatic rings. The molecule has 0 aromatic rings. The minimum Gasteiger partial charge on any atom is -0.344 e. The second-order valence-electron chi connectivity index (χ2n) is 1.30. The van der Waals surface area contributed by atoms with Crippen LogP contribution in [0.15, 0.2) is 12.3 Å². The summed E-state index contributed by atoms with van der Waals surface area (Å²) in [4.78, 5) is 2.93. The number of nitrogens with one attached hydrogen (secondary N) is 1. The molecule has 0 atom stereocenters. The standard InChI is InChI=1S/C5H11NO2Si/c1-4-9-6-5(7-2)8-3/h4-6H,1H2,2-3H3. The van der Waals surface area contributed by atoms with Gasteiger partial charge in [-0.2, -0.15) is 0 Å².